The molecule has 0 spiro atoms. The van der Waals surface area contributed by atoms with Gasteiger partial charge in [0.25, 0.3) is 0 Å². The van der Waals surface area contributed by atoms with Gasteiger partial charge in [-0.2, -0.15) is 4.98 Å². The van der Waals surface area contributed by atoms with Crippen LogP contribution in [0.3, 0.4) is 0 Å². The fraction of sp³-hybridized carbons (Fsp3) is 0.292. The fourth-order valence-corrected chi connectivity index (χ4v) is 4.63. The summed E-state index contributed by atoms with van der Waals surface area (Å²) in [4.78, 5) is 18.0. The number of nitrogens with one attached hydrogen (secondary N) is 1. The van der Waals surface area contributed by atoms with E-state index in [4.69, 9.17) is 14.6 Å². The van der Waals surface area contributed by atoms with Crippen LogP contribution in [0.2, 0.25) is 0 Å². The number of anilines is 1. The molecule has 2 aromatic carbocycles. The summed E-state index contributed by atoms with van der Waals surface area (Å²) in [6.07, 6.45) is 0. The van der Waals surface area contributed by atoms with Gasteiger partial charge in [0.2, 0.25) is 11.1 Å². The molecule has 4 rings (SSSR count). The predicted molar refractivity (Wildman–Crippen MR) is 132 cm³/mol. The molecule has 0 bridgehead atoms. The van der Waals surface area contributed by atoms with Gasteiger partial charge in [-0.15, -0.1) is 5.10 Å². The number of carbonyl (C=O) groups excluding carboxylic acids is 1. The predicted octanol–water partition coefficient (Wildman–Crippen LogP) is 5.58. The van der Waals surface area contributed by atoms with Crippen LogP contribution < -0.4 is 10.1 Å². The normalized spacial score (nSPS) is 15.1. The Morgan fingerprint density at radius 1 is 1.21 bits per heavy atom. The van der Waals surface area contributed by atoms with Crippen molar-refractivity contribution in [2.45, 2.75) is 38.6 Å². The number of esters is 1. The van der Waals surface area contributed by atoms with Gasteiger partial charge in [0.05, 0.1) is 12.2 Å². The van der Waals surface area contributed by atoms with Crippen molar-refractivity contribution in [1.29, 1.82) is 0 Å². The van der Waals surface area contributed by atoms with E-state index in [0.29, 0.717) is 34.7 Å². The van der Waals surface area contributed by atoms with E-state index in [1.54, 1.807) is 16.4 Å². The Balaban J connectivity index is 1.78. The van der Waals surface area contributed by atoms with Crippen LogP contribution >= 0.6 is 27.7 Å². The van der Waals surface area contributed by atoms with Crippen molar-refractivity contribution in [3.05, 3.63) is 75.4 Å². The lowest BCUT2D eigenvalue weighted by atomic mass is 9.95. The molecule has 0 aliphatic carbocycles. The van der Waals surface area contributed by atoms with Crippen molar-refractivity contribution >= 4 is 39.6 Å². The Morgan fingerprint density at radius 3 is 2.73 bits per heavy atom. The molecule has 0 saturated heterocycles. The van der Waals surface area contributed by atoms with E-state index in [2.05, 4.69) is 26.2 Å². The van der Waals surface area contributed by atoms with Crippen LogP contribution in [0, 0.1) is 0 Å². The minimum atomic E-state index is -0.553. The number of hydrogen-bond acceptors (Lipinski definition) is 7. The SMILES string of the molecule is CCOc1ccc(Br)cc1C1C(C(=O)OCc2ccccc2)=C(C)Nc2nc(SCC)nn21. The van der Waals surface area contributed by atoms with Crippen LogP contribution in [0.1, 0.15) is 37.9 Å². The van der Waals surface area contributed by atoms with Gasteiger partial charge in [-0.05, 0) is 43.4 Å². The van der Waals surface area contributed by atoms with Crippen molar-refractivity contribution in [3.63, 3.8) is 0 Å². The Bertz CT molecular complexity index is 1180. The molecule has 0 amide bonds. The third kappa shape index (κ3) is 5.09. The lowest BCUT2D eigenvalue weighted by molar-refractivity contribution is -0.140. The van der Waals surface area contributed by atoms with Gasteiger partial charge in [-0.25, -0.2) is 9.48 Å². The van der Waals surface area contributed by atoms with Crippen molar-refractivity contribution in [2.24, 2.45) is 0 Å². The topological polar surface area (TPSA) is 78.3 Å². The maximum absolute atomic E-state index is 13.4. The monoisotopic (exact) mass is 528 g/mol. The summed E-state index contributed by atoms with van der Waals surface area (Å²) in [5, 5.41) is 8.59. The van der Waals surface area contributed by atoms with Crippen LogP contribution in [0.4, 0.5) is 5.95 Å². The molecule has 0 fully saturated rings. The molecule has 1 atom stereocenters. The Hall–Kier alpha value is -2.78. The number of hydrogen-bond donors (Lipinski definition) is 1. The fourth-order valence-electron chi connectivity index (χ4n) is 3.69. The average molecular weight is 529 g/mol. The summed E-state index contributed by atoms with van der Waals surface area (Å²) in [6.45, 7) is 6.52. The highest BCUT2D eigenvalue weighted by Crippen LogP contribution is 2.41. The van der Waals surface area contributed by atoms with E-state index in [9.17, 15) is 4.79 Å². The molecule has 1 aromatic heterocycles. The summed E-state index contributed by atoms with van der Waals surface area (Å²) < 4.78 is 14.3. The third-order valence-corrected chi connectivity index (χ3v) is 6.32. The summed E-state index contributed by atoms with van der Waals surface area (Å²) in [7, 11) is 0. The van der Waals surface area contributed by atoms with E-state index in [1.165, 1.54) is 0 Å². The van der Waals surface area contributed by atoms with E-state index in [1.807, 2.05) is 69.3 Å². The molecule has 1 N–H and O–H groups in total. The minimum Gasteiger partial charge on any atom is -0.494 e. The molecular weight excluding hydrogens is 504 g/mol. The molecular formula is C24H25BrN4O3S. The molecule has 7 nitrogen and oxygen atoms in total. The number of nitrogens with zero attached hydrogens (tertiary/aromatic N) is 3. The standard InChI is InChI=1S/C24H25BrN4O3S/c1-4-31-19-12-11-17(25)13-18(19)21-20(22(30)32-14-16-9-7-6-8-10-16)15(3)26-23-27-24(33-5-2)28-29(21)23/h6-13,21H,4-5,14H2,1-3H3,(H,26,27,28). The molecule has 0 radical (unpaired) electrons. The minimum absolute atomic E-state index is 0.182. The average Bonchev–Trinajstić information content (AvgIpc) is 3.20. The highest BCUT2D eigenvalue weighted by Gasteiger charge is 2.37. The first-order valence-corrected chi connectivity index (χ1v) is 12.5. The van der Waals surface area contributed by atoms with E-state index in [-0.39, 0.29) is 6.61 Å². The highest BCUT2D eigenvalue weighted by molar-refractivity contribution is 9.10. The van der Waals surface area contributed by atoms with Crippen LogP contribution in [-0.2, 0) is 16.1 Å². The lowest BCUT2D eigenvalue weighted by Crippen LogP contribution is -2.30. The largest absolute Gasteiger partial charge is 0.494 e. The smallest absolute Gasteiger partial charge is 0.338 e. The van der Waals surface area contributed by atoms with Gasteiger partial charge in [-0.3, -0.25) is 0 Å². The van der Waals surface area contributed by atoms with Crippen LogP contribution in [0.15, 0.2) is 69.4 Å². The first-order chi connectivity index (χ1) is 16.0. The summed E-state index contributed by atoms with van der Waals surface area (Å²) in [5.74, 6) is 1.69. The van der Waals surface area contributed by atoms with Crippen LogP contribution in [0.25, 0.3) is 0 Å². The van der Waals surface area contributed by atoms with E-state index >= 15 is 0 Å². The number of halogens is 1. The number of rotatable bonds is 8. The quantitative estimate of drug-likeness (QED) is 0.301. The first kappa shape index (κ1) is 23.4. The zero-order valence-electron chi connectivity index (χ0n) is 18.7. The van der Waals surface area contributed by atoms with Gasteiger partial charge >= 0.3 is 5.97 Å². The maximum atomic E-state index is 13.4. The Morgan fingerprint density at radius 2 is 2.00 bits per heavy atom. The molecule has 172 valence electrons. The second kappa shape index (κ2) is 10.4. The molecule has 0 saturated carbocycles. The van der Waals surface area contributed by atoms with Gasteiger partial charge < -0.3 is 14.8 Å². The van der Waals surface area contributed by atoms with Gasteiger partial charge in [0, 0.05) is 15.7 Å². The van der Waals surface area contributed by atoms with Crippen LogP contribution in [-0.4, -0.2) is 33.1 Å². The third-order valence-electron chi connectivity index (χ3n) is 5.11. The Kier molecular flexibility index (Phi) is 7.39. The Labute approximate surface area is 205 Å². The van der Waals surface area contributed by atoms with Crippen molar-refractivity contribution in [3.8, 4) is 5.75 Å². The summed E-state index contributed by atoms with van der Waals surface area (Å²) in [5.41, 5.74) is 2.87. The van der Waals surface area contributed by atoms with Crippen LogP contribution in [0.5, 0.6) is 5.75 Å². The van der Waals surface area contributed by atoms with Gasteiger partial charge in [-0.1, -0.05) is 64.9 Å². The molecule has 1 aliphatic heterocycles. The second-order valence-corrected chi connectivity index (χ2v) is 9.49. The van der Waals surface area contributed by atoms with Crippen molar-refractivity contribution < 1.29 is 14.3 Å². The summed E-state index contributed by atoms with van der Waals surface area (Å²) >= 11 is 5.11. The molecule has 33 heavy (non-hydrogen) atoms. The number of carbonyl (C=O) groups is 1. The molecule has 1 aliphatic rings. The lowest BCUT2D eigenvalue weighted by Gasteiger charge is -2.29. The molecule has 9 heteroatoms. The maximum Gasteiger partial charge on any atom is 0.338 e. The number of benzene rings is 2. The van der Waals surface area contributed by atoms with Gasteiger partial charge in [0.1, 0.15) is 18.4 Å². The number of fused-ring (bicyclic) bond motifs is 1. The van der Waals surface area contributed by atoms with Gasteiger partial charge in [0.15, 0.2) is 0 Å². The van der Waals surface area contributed by atoms with Crippen molar-refractivity contribution in [2.75, 3.05) is 17.7 Å². The molecule has 2 heterocycles. The number of ether oxygens (including phenoxy) is 2. The first-order valence-electron chi connectivity index (χ1n) is 10.7. The van der Waals surface area contributed by atoms with Crippen molar-refractivity contribution in [1.82, 2.24) is 14.8 Å². The zero-order chi connectivity index (χ0) is 23.4. The molecule has 1 unspecified atom stereocenters. The zero-order valence-corrected chi connectivity index (χ0v) is 21.1. The van der Waals surface area contributed by atoms with E-state index < -0.39 is 12.0 Å². The summed E-state index contributed by atoms with van der Waals surface area (Å²) in [6, 6.07) is 14.8. The second-order valence-electron chi connectivity index (χ2n) is 7.34. The number of thioether (sulfide) groups is 1. The van der Waals surface area contributed by atoms with E-state index in [0.717, 1.165) is 21.4 Å². The molecule has 3 aromatic rings. The highest BCUT2D eigenvalue weighted by atomic mass is 79.9. The number of aromatic nitrogens is 3. The number of allylic oxidation sites excluding steroid dienone is 1.